The Morgan fingerprint density at radius 2 is 1.70 bits per heavy atom. The topological polar surface area (TPSA) is 41.9 Å². The standard InChI is InChI=1S/C28H28N2O2S/c1-3-19-32-25-15-11-23(12-16-25)20-26-27(31)30(18-17-22-7-5-4-6-8-22)28(33-26)29-24-13-9-21(2)10-14-24/h4-16,20H,3,17-19H2,1-2H3/b26-20+,29-28?. The van der Waals surface area contributed by atoms with E-state index >= 15 is 0 Å². The van der Waals surface area contributed by atoms with E-state index in [0.29, 0.717) is 23.2 Å². The van der Waals surface area contributed by atoms with Gasteiger partial charge in [-0.05, 0) is 73.0 Å². The summed E-state index contributed by atoms with van der Waals surface area (Å²) < 4.78 is 5.66. The van der Waals surface area contributed by atoms with E-state index in [1.165, 1.54) is 22.9 Å². The highest BCUT2D eigenvalue weighted by molar-refractivity contribution is 8.18. The number of amidine groups is 1. The van der Waals surface area contributed by atoms with Gasteiger partial charge in [-0.25, -0.2) is 4.99 Å². The fourth-order valence-electron chi connectivity index (χ4n) is 3.44. The van der Waals surface area contributed by atoms with Crippen LogP contribution in [0.3, 0.4) is 0 Å². The molecule has 0 bridgehead atoms. The Labute approximate surface area is 200 Å². The van der Waals surface area contributed by atoms with Gasteiger partial charge in [0, 0.05) is 6.54 Å². The van der Waals surface area contributed by atoms with Crippen molar-refractivity contribution < 1.29 is 9.53 Å². The van der Waals surface area contributed by atoms with E-state index in [1.807, 2.05) is 72.8 Å². The van der Waals surface area contributed by atoms with Gasteiger partial charge in [0.15, 0.2) is 5.17 Å². The molecule has 168 valence electrons. The Morgan fingerprint density at radius 3 is 2.39 bits per heavy atom. The van der Waals surface area contributed by atoms with E-state index in [0.717, 1.165) is 29.8 Å². The van der Waals surface area contributed by atoms with Crippen molar-refractivity contribution in [1.29, 1.82) is 0 Å². The third-order valence-electron chi connectivity index (χ3n) is 5.26. The number of ether oxygens (including phenoxy) is 1. The molecule has 4 nitrogen and oxygen atoms in total. The highest BCUT2D eigenvalue weighted by Crippen LogP contribution is 2.34. The molecule has 33 heavy (non-hydrogen) atoms. The summed E-state index contributed by atoms with van der Waals surface area (Å²) in [5, 5.41) is 0.717. The molecular weight excluding hydrogens is 428 g/mol. The second-order valence-electron chi connectivity index (χ2n) is 7.95. The van der Waals surface area contributed by atoms with Crippen molar-refractivity contribution in [2.45, 2.75) is 26.7 Å². The zero-order chi connectivity index (χ0) is 23.0. The van der Waals surface area contributed by atoms with E-state index in [9.17, 15) is 4.79 Å². The van der Waals surface area contributed by atoms with Crippen LogP contribution in [0.4, 0.5) is 5.69 Å². The number of aryl methyl sites for hydroxylation is 1. The summed E-state index contributed by atoms with van der Waals surface area (Å²) in [6.45, 7) is 5.42. The van der Waals surface area contributed by atoms with Gasteiger partial charge in [0.1, 0.15) is 5.75 Å². The van der Waals surface area contributed by atoms with Crippen LogP contribution in [0, 0.1) is 6.92 Å². The summed E-state index contributed by atoms with van der Waals surface area (Å²) in [6, 6.07) is 26.1. The average Bonchev–Trinajstić information content (AvgIpc) is 3.13. The summed E-state index contributed by atoms with van der Waals surface area (Å²) in [5.74, 6) is 0.837. The molecule has 1 amide bonds. The molecular formula is C28H28N2O2S. The number of rotatable bonds is 8. The minimum atomic E-state index is -0.00639. The Kier molecular flexibility index (Phi) is 7.63. The largest absolute Gasteiger partial charge is 0.494 e. The van der Waals surface area contributed by atoms with E-state index in [1.54, 1.807) is 4.90 Å². The van der Waals surface area contributed by atoms with Crippen LogP contribution in [-0.4, -0.2) is 29.1 Å². The van der Waals surface area contributed by atoms with Gasteiger partial charge < -0.3 is 4.74 Å². The Morgan fingerprint density at radius 1 is 0.970 bits per heavy atom. The molecule has 0 aromatic heterocycles. The summed E-state index contributed by atoms with van der Waals surface area (Å²) in [5.41, 5.74) is 4.20. The van der Waals surface area contributed by atoms with Crippen LogP contribution >= 0.6 is 11.8 Å². The smallest absolute Gasteiger partial charge is 0.266 e. The lowest BCUT2D eigenvalue weighted by molar-refractivity contribution is -0.122. The lowest BCUT2D eigenvalue weighted by Crippen LogP contribution is -2.31. The average molecular weight is 457 g/mol. The molecule has 1 aliphatic rings. The first-order valence-electron chi connectivity index (χ1n) is 11.3. The molecule has 1 fully saturated rings. The van der Waals surface area contributed by atoms with Gasteiger partial charge >= 0.3 is 0 Å². The van der Waals surface area contributed by atoms with E-state index in [2.05, 4.69) is 26.0 Å². The Balaban J connectivity index is 1.57. The van der Waals surface area contributed by atoms with Crippen molar-refractivity contribution in [3.63, 3.8) is 0 Å². The molecule has 0 spiro atoms. The van der Waals surface area contributed by atoms with Crippen LogP contribution in [0.1, 0.15) is 30.0 Å². The normalized spacial score (nSPS) is 16.1. The minimum absolute atomic E-state index is 0.00639. The van der Waals surface area contributed by atoms with Gasteiger partial charge in [0.25, 0.3) is 5.91 Å². The number of benzene rings is 3. The summed E-state index contributed by atoms with van der Waals surface area (Å²) in [7, 11) is 0. The fraction of sp³-hybridized carbons (Fsp3) is 0.214. The maximum Gasteiger partial charge on any atom is 0.266 e. The van der Waals surface area contributed by atoms with Crippen LogP contribution in [0.2, 0.25) is 0 Å². The summed E-state index contributed by atoms with van der Waals surface area (Å²) in [6.07, 6.45) is 3.68. The van der Waals surface area contributed by atoms with Crippen LogP contribution < -0.4 is 4.74 Å². The predicted octanol–water partition coefficient (Wildman–Crippen LogP) is 6.63. The predicted molar refractivity (Wildman–Crippen MR) is 138 cm³/mol. The molecule has 0 N–H and O–H groups in total. The molecule has 1 heterocycles. The van der Waals surface area contributed by atoms with Gasteiger partial charge in [-0.2, -0.15) is 0 Å². The first-order chi connectivity index (χ1) is 16.1. The maximum atomic E-state index is 13.3. The molecule has 1 aliphatic heterocycles. The lowest BCUT2D eigenvalue weighted by atomic mass is 10.1. The van der Waals surface area contributed by atoms with Gasteiger partial charge in [-0.3, -0.25) is 9.69 Å². The number of carbonyl (C=O) groups excluding carboxylic acids is 1. The zero-order valence-corrected chi connectivity index (χ0v) is 19.8. The summed E-state index contributed by atoms with van der Waals surface area (Å²) in [4.78, 5) is 20.6. The quantitative estimate of drug-likeness (QED) is 0.357. The van der Waals surface area contributed by atoms with Crippen molar-refractivity contribution in [3.05, 3.63) is 100 Å². The molecule has 0 unspecified atom stereocenters. The lowest BCUT2D eigenvalue weighted by Gasteiger charge is -2.15. The number of thioether (sulfide) groups is 1. The third kappa shape index (κ3) is 6.14. The van der Waals surface area contributed by atoms with Crippen molar-refractivity contribution in [3.8, 4) is 5.75 Å². The third-order valence-corrected chi connectivity index (χ3v) is 6.27. The summed E-state index contributed by atoms with van der Waals surface area (Å²) >= 11 is 1.43. The minimum Gasteiger partial charge on any atom is -0.494 e. The van der Waals surface area contributed by atoms with Gasteiger partial charge in [-0.15, -0.1) is 0 Å². The van der Waals surface area contributed by atoms with Crippen molar-refractivity contribution in [2.24, 2.45) is 4.99 Å². The van der Waals surface area contributed by atoms with Crippen molar-refractivity contribution in [1.82, 2.24) is 4.90 Å². The van der Waals surface area contributed by atoms with Gasteiger partial charge in [0.2, 0.25) is 0 Å². The van der Waals surface area contributed by atoms with Crippen LogP contribution in [-0.2, 0) is 11.2 Å². The molecule has 5 heteroatoms. The molecule has 1 saturated heterocycles. The number of nitrogens with zero attached hydrogens (tertiary/aromatic N) is 2. The molecule has 0 atom stereocenters. The highest BCUT2D eigenvalue weighted by atomic mass is 32.2. The molecule has 0 aliphatic carbocycles. The Bertz CT molecular complexity index is 1140. The van der Waals surface area contributed by atoms with Crippen molar-refractivity contribution in [2.75, 3.05) is 13.2 Å². The van der Waals surface area contributed by atoms with Crippen LogP contribution in [0.15, 0.2) is 88.8 Å². The molecule has 0 saturated carbocycles. The maximum absolute atomic E-state index is 13.3. The van der Waals surface area contributed by atoms with E-state index in [4.69, 9.17) is 9.73 Å². The second kappa shape index (κ2) is 11.0. The van der Waals surface area contributed by atoms with Crippen molar-refractivity contribution >= 4 is 34.6 Å². The highest BCUT2D eigenvalue weighted by Gasteiger charge is 2.33. The Hall–Kier alpha value is -3.31. The number of amides is 1. The SMILES string of the molecule is CCCOc1ccc(/C=C2/SC(=Nc3ccc(C)cc3)N(CCc3ccccc3)C2=O)cc1. The monoisotopic (exact) mass is 456 g/mol. The first kappa shape index (κ1) is 22.9. The molecule has 3 aromatic carbocycles. The van der Waals surface area contributed by atoms with Crippen LogP contribution in [0.5, 0.6) is 5.75 Å². The molecule has 3 aromatic rings. The number of aliphatic imine (C=N–C) groups is 1. The van der Waals surface area contributed by atoms with Crippen LogP contribution in [0.25, 0.3) is 6.08 Å². The fourth-order valence-corrected chi connectivity index (χ4v) is 4.46. The van der Waals surface area contributed by atoms with E-state index < -0.39 is 0 Å². The number of hydrogen-bond acceptors (Lipinski definition) is 4. The van der Waals surface area contributed by atoms with E-state index in [-0.39, 0.29) is 5.91 Å². The molecule has 4 rings (SSSR count). The number of hydrogen-bond donors (Lipinski definition) is 0. The molecule has 0 radical (unpaired) electrons. The van der Waals surface area contributed by atoms with Gasteiger partial charge in [-0.1, -0.05) is 67.1 Å². The first-order valence-corrected chi connectivity index (χ1v) is 12.1. The van der Waals surface area contributed by atoms with Gasteiger partial charge in [0.05, 0.1) is 17.2 Å². The number of carbonyl (C=O) groups is 1. The zero-order valence-electron chi connectivity index (χ0n) is 19.0. The second-order valence-corrected chi connectivity index (χ2v) is 8.96.